The van der Waals surface area contributed by atoms with Gasteiger partial charge in [-0.1, -0.05) is 57.5 Å². The number of ether oxygens (including phenoxy) is 1. The zero-order chi connectivity index (χ0) is 16.9. The monoisotopic (exact) mass is 424 g/mol. The molecule has 0 spiro atoms. The SMILES string of the molecule is Nn1c(SCCOc2cccc(Cl)c2)nnc1-c1ccccc1Br. The maximum absolute atomic E-state index is 6.11. The summed E-state index contributed by atoms with van der Waals surface area (Å²) in [7, 11) is 0. The maximum atomic E-state index is 6.11. The average Bonchev–Trinajstić information content (AvgIpc) is 2.93. The lowest BCUT2D eigenvalue weighted by atomic mass is 10.2. The summed E-state index contributed by atoms with van der Waals surface area (Å²) in [5.41, 5.74) is 0.898. The quantitative estimate of drug-likeness (QED) is 0.363. The zero-order valence-electron chi connectivity index (χ0n) is 12.5. The van der Waals surface area contributed by atoms with Crippen molar-refractivity contribution in [3.8, 4) is 17.1 Å². The molecule has 0 atom stereocenters. The Morgan fingerprint density at radius 2 is 2.00 bits per heavy atom. The highest BCUT2D eigenvalue weighted by Gasteiger charge is 2.14. The Bertz CT molecular complexity index is 842. The number of halogens is 2. The van der Waals surface area contributed by atoms with Gasteiger partial charge in [-0.15, -0.1) is 10.2 Å². The van der Waals surface area contributed by atoms with E-state index in [4.69, 9.17) is 22.2 Å². The summed E-state index contributed by atoms with van der Waals surface area (Å²) in [4.78, 5) is 0. The molecular weight excluding hydrogens is 412 g/mol. The summed E-state index contributed by atoms with van der Waals surface area (Å²) < 4.78 is 8.06. The molecular formula is C16H14BrClN4OS. The van der Waals surface area contributed by atoms with Crippen LogP contribution in [0, 0.1) is 0 Å². The number of hydrogen-bond acceptors (Lipinski definition) is 5. The second-order valence-electron chi connectivity index (χ2n) is 4.81. The third-order valence-electron chi connectivity index (χ3n) is 3.16. The highest BCUT2D eigenvalue weighted by Crippen LogP contribution is 2.28. The van der Waals surface area contributed by atoms with Crippen molar-refractivity contribution < 1.29 is 4.74 Å². The topological polar surface area (TPSA) is 66.0 Å². The minimum atomic E-state index is 0.516. The zero-order valence-corrected chi connectivity index (χ0v) is 15.7. The third-order valence-corrected chi connectivity index (χ3v) is 4.99. The van der Waals surface area contributed by atoms with Gasteiger partial charge in [-0.3, -0.25) is 0 Å². The Kier molecular flexibility index (Phi) is 5.65. The van der Waals surface area contributed by atoms with Crippen LogP contribution in [-0.4, -0.2) is 27.2 Å². The molecule has 0 fully saturated rings. The van der Waals surface area contributed by atoms with Crippen LogP contribution in [0.2, 0.25) is 5.02 Å². The number of hydrogen-bond donors (Lipinski definition) is 1. The van der Waals surface area contributed by atoms with E-state index in [1.54, 1.807) is 6.07 Å². The van der Waals surface area contributed by atoms with Gasteiger partial charge >= 0.3 is 0 Å². The van der Waals surface area contributed by atoms with E-state index in [1.165, 1.54) is 16.4 Å². The molecule has 124 valence electrons. The summed E-state index contributed by atoms with van der Waals surface area (Å²) in [6.07, 6.45) is 0. The minimum Gasteiger partial charge on any atom is -0.493 e. The molecule has 24 heavy (non-hydrogen) atoms. The van der Waals surface area contributed by atoms with Crippen LogP contribution in [0.15, 0.2) is 58.2 Å². The normalized spacial score (nSPS) is 10.8. The molecule has 0 amide bonds. The van der Waals surface area contributed by atoms with Crippen molar-refractivity contribution in [3.05, 3.63) is 58.0 Å². The smallest absolute Gasteiger partial charge is 0.210 e. The first kappa shape index (κ1) is 17.1. The van der Waals surface area contributed by atoms with Crippen molar-refractivity contribution in [1.29, 1.82) is 0 Å². The van der Waals surface area contributed by atoms with E-state index < -0.39 is 0 Å². The molecule has 0 aliphatic carbocycles. The second-order valence-corrected chi connectivity index (χ2v) is 7.16. The molecule has 1 aromatic heterocycles. The lowest BCUT2D eigenvalue weighted by Crippen LogP contribution is -2.12. The Labute approximate surface area is 157 Å². The van der Waals surface area contributed by atoms with Crippen molar-refractivity contribution in [2.24, 2.45) is 0 Å². The van der Waals surface area contributed by atoms with E-state index in [-0.39, 0.29) is 0 Å². The summed E-state index contributed by atoms with van der Waals surface area (Å²) in [6.45, 7) is 0.516. The number of aromatic nitrogens is 3. The first-order valence-electron chi connectivity index (χ1n) is 7.11. The molecule has 0 aliphatic rings. The van der Waals surface area contributed by atoms with Gasteiger partial charge in [0.15, 0.2) is 5.82 Å². The first-order chi connectivity index (χ1) is 11.6. The Balaban J connectivity index is 1.60. The largest absolute Gasteiger partial charge is 0.493 e. The van der Waals surface area contributed by atoms with E-state index in [1.807, 2.05) is 42.5 Å². The molecule has 0 saturated carbocycles. The summed E-state index contributed by atoms with van der Waals surface area (Å²) in [6, 6.07) is 15.1. The molecule has 0 aliphatic heterocycles. The minimum absolute atomic E-state index is 0.516. The molecule has 1 heterocycles. The van der Waals surface area contributed by atoms with Gasteiger partial charge in [0, 0.05) is 20.8 Å². The van der Waals surface area contributed by atoms with Crippen LogP contribution in [0.25, 0.3) is 11.4 Å². The molecule has 5 nitrogen and oxygen atoms in total. The van der Waals surface area contributed by atoms with Gasteiger partial charge in [-0.25, -0.2) is 4.68 Å². The van der Waals surface area contributed by atoms with Crippen molar-refractivity contribution in [2.75, 3.05) is 18.2 Å². The van der Waals surface area contributed by atoms with E-state index in [2.05, 4.69) is 26.1 Å². The van der Waals surface area contributed by atoms with E-state index in [9.17, 15) is 0 Å². The lowest BCUT2D eigenvalue weighted by Gasteiger charge is -2.07. The molecule has 0 bridgehead atoms. The van der Waals surface area contributed by atoms with Gasteiger partial charge in [0.2, 0.25) is 5.16 Å². The predicted octanol–water partition coefficient (Wildman–Crippen LogP) is 4.25. The number of nitrogens with two attached hydrogens (primary N) is 1. The number of thioether (sulfide) groups is 1. The van der Waals surface area contributed by atoms with Gasteiger partial charge in [-0.2, -0.15) is 0 Å². The molecule has 3 rings (SSSR count). The van der Waals surface area contributed by atoms with E-state index in [0.717, 1.165) is 15.8 Å². The number of nitrogens with zero attached hydrogens (tertiary/aromatic N) is 3. The number of nitrogen functional groups attached to an aromatic ring is 1. The Morgan fingerprint density at radius 3 is 2.79 bits per heavy atom. The molecule has 0 unspecified atom stereocenters. The van der Waals surface area contributed by atoms with Crippen LogP contribution in [0.3, 0.4) is 0 Å². The highest BCUT2D eigenvalue weighted by atomic mass is 79.9. The lowest BCUT2D eigenvalue weighted by molar-refractivity contribution is 0.344. The van der Waals surface area contributed by atoms with Gasteiger partial charge in [-0.05, 0) is 30.3 Å². The van der Waals surface area contributed by atoms with Crippen LogP contribution in [0.1, 0.15) is 0 Å². The van der Waals surface area contributed by atoms with Gasteiger partial charge < -0.3 is 10.6 Å². The second kappa shape index (κ2) is 7.92. The van der Waals surface area contributed by atoms with Gasteiger partial charge in [0.1, 0.15) is 5.75 Å². The Morgan fingerprint density at radius 1 is 1.17 bits per heavy atom. The third kappa shape index (κ3) is 4.03. The fourth-order valence-electron chi connectivity index (χ4n) is 2.05. The van der Waals surface area contributed by atoms with Crippen LogP contribution in [0.5, 0.6) is 5.75 Å². The highest BCUT2D eigenvalue weighted by molar-refractivity contribution is 9.10. The van der Waals surface area contributed by atoms with Crippen molar-refractivity contribution in [2.45, 2.75) is 5.16 Å². The molecule has 3 aromatic rings. The molecule has 2 aromatic carbocycles. The van der Waals surface area contributed by atoms with Crippen LogP contribution >= 0.6 is 39.3 Å². The van der Waals surface area contributed by atoms with E-state index in [0.29, 0.717) is 28.4 Å². The Hall–Kier alpha value is -1.70. The number of benzene rings is 2. The summed E-state index contributed by atoms with van der Waals surface area (Å²) in [5, 5.41) is 9.61. The first-order valence-corrected chi connectivity index (χ1v) is 9.27. The fourth-order valence-corrected chi connectivity index (χ4v) is 3.37. The maximum Gasteiger partial charge on any atom is 0.210 e. The van der Waals surface area contributed by atoms with Crippen molar-refractivity contribution in [3.63, 3.8) is 0 Å². The van der Waals surface area contributed by atoms with Crippen molar-refractivity contribution >= 4 is 39.3 Å². The standard InChI is InChI=1S/C16H14BrClN4OS/c17-14-7-2-1-6-13(14)15-20-21-16(22(15)19)24-9-8-23-12-5-3-4-11(18)10-12/h1-7,10H,8-9,19H2. The number of rotatable bonds is 6. The average molecular weight is 426 g/mol. The molecule has 0 saturated heterocycles. The molecule has 8 heteroatoms. The van der Waals surface area contributed by atoms with Gasteiger partial charge in [0.25, 0.3) is 0 Å². The summed E-state index contributed by atoms with van der Waals surface area (Å²) in [5.74, 6) is 8.16. The van der Waals surface area contributed by atoms with Gasteiger partial charge in [0.05, 0.1) is 6.61 Å². The molecule has 2 N–H and O–H groups in total. The van der Waals surface area contributed by atoms with Crippen LogP contribution in [0.4, 0.5) is 0 Å². The van der Waals surface area contributed by atoms with Crippen LogP contribution in [-0.2, 0) is 0 Å². The van der Waals surface area contributed by atoms with Crippen LogP contribution < -0.4 is 10.6 Å². The predicted molar refractivity (Wildman–Crippen MR) is 101 cm³/mol. The molecule has 0 radical (unpaired) electrons. The fraction of sp³-hybridized carbons (Fsp3) is 0.125. The van der Waals surface area contributed by atoms with E-state index >= 15 is 0 Å². The summed E-state index contributed by atoms with van der Waals surface area (Å²) >= 11 is 10.9. The van der Waals surface area contributed by atoms with Crippen molar-refractivity contribution in [1.82, 2.24) is 14.9 Å².